The Labute approximate surface area is 162 Å². The third-order valence-corrected chi connectivity index (χ3v) is 3.78. The maximum absolute atomic E-state index is 12.8. The minimum atomic E-state index is -0.671. The monoisotopic (exact) mass is 381 g/mol. The number of hydrogen-bond donors (Lipinski definition) is 2. The number of benzene rings is 1. The second kappa shape index (κ2) is 7.67. The van der Waals surface area contributed by atoms with Gasteiger partial charge in [0.15, 0.2) is 0 Å². The minimum absolute atomic E-state index is 0.311. The number of carbonyl (C=O) groups is 1. The van der Waals surface area contributed by atoms with Crippen LogP contribution in [0.15, 0.2) is 47.3 Å². The van der Waals surface area contributed by atoms with Crippen molar-refractivity contribution in [2.75, 3.05) is 11.9 Å². The van der Waals surface area contributed by atoms with Crippen LogP contribution in [0.25, 0.3) is 22.5 Å². The maximum atomic E-state index is 12.8. The fraction of sp³-hybridized carbons (Fsp3) is 0.300. The van der Waals surface area contributed by atoms with E-state index in [2.05, 4.69) is 20.6 Å². The molecule has 0 bridgehead atoms. The summed E-state index contributed by atoms with van der Waals surface area (Å²) in [6.07, 6.45) is -0.601. The van der Waals surface area contributed by atoms with Gasteiger partial charge in [-0.25, -0.2) is 9.89 Å². The van der Waals surface area contributed by atoms with Gasteiger partial charge in [0, 0.05) is 18.2 Å². The Hall–Kier alpha value is -3.42. The molecule has 0 radical (unpaired) electrons. The van der Waals surface area contributed by atoms with Crippen LogP contribution in [0.3, 0.4) is 0 Å². The topological polar surface area (TPSA) is 102 Å². The lowest BCUT2D eigenvalue weighted by atomic mass is 10.0. The molecule has 0 amide bonds. The first-order valence-corrected chi connectivity index (χ1v) is 9.02. The lowest BCUT2D eigenvalue weighted by Crippen LogP contribution is -2.28. The van der Waals surface area contributed by atoms with Gasteiger partial charge in [-0.2, -0.15) is 10.2 Å². The average Bonchev–Trinajstić information content (AvgIpc) is 3.02. The zero-order chi connectivity index (χ0) is 20.3. The van der Waals surface area contributed by atoms with E-state index < -0.39 is 11.7 Å². The molecule has 0 saturated carbocycles. The highest BCUT2D eigenvalue weighted by atomic mass is 16.6. The van der Waals surface area contributed by atoms with E-state index in [1.807, 2.05) is 37.3 Å². The summed E-state index contributed by atoms with van der Waals surface area (Å²) in [5.74, 6) is 0.454. The third-order valence-electron chi connectivity index (χ3n) is 3.78. The molecule has 2 heterocycles. The number of H-pyrrole nitrogens is 1. The quantitative estimate of drug-likeness (QED) is 0.717. The molecule has 28 heavy (non-hydrogen) atoms. The van der Waals surface area contributed by atoms with Crippen molar-refractivity contribution in [1.29, 1.82) is 0 Å². The first-order valence-electron chi connectivity index (χ1n) is 9.02. The van der Waals surface area contributed by atoms with Gasteiger partial charge in [0.25, 0.3) is 5.56 Å². The number of rotatable bonds is 4. The Balaban J connectivity index is 2.25. The van der Waals surface area contributed by atoms with Gasteiger partial charge in [-0.1, -0.05) is 30.3 Å². The lowest BCUT2D eigenvalue weighted by molar-refractivity contribution is 0.0519. The predicted molar refractivity (Wildman–Crippen MR) is 107 cm³/mol. The maximum Gasteiger partial charge on any atom is 0.437 e. The number of aromatic nitrogens is 4. The molecule has 3 rings (SSSR count). The summed E-state index contributed by atoms with van der Waals surface area (Å²) in [7, 11) is 0. The molecule has 8 nitrogen and oxygen atoms in total. The van der Waals surface area contributed by atoms with Crippen molar-refractivity contribution in [3.8, 4) is 22.5 Å². The van der Waals surface area contributed by atoms with Crippen LogP contribution in [0, 0.1) is 0 Å². The van der Waals surface area contributed by atoms with Crippen LogP contribution < -0.4 is 10.9 Å². The van der Waals surface area contributed by atoms with E-state index in [1.165, 1.54) is 10.7 Å². The van der Waals surface area contributed by atoms with Crippen molar-refractivity contribution in [3.63, 3.8) is 0 Å². The summed E-state index contributed by atoms with van der Waals surface area (Å²) in [6.45, 7) is 7.86. The Morgan fingerprint density at radius 1 is 1.18 bits per heavy atom. The second-order valence-electron chi connectivity index (χ2n) is 7.17. The number of anilines is 1. The Morgan fingerprint density at radius 3 is 2.46 bits per heavy atom. The van der Waals surface area contributed by atoms with Crippen molar-refractivity contribution >= 4 is 11.9 Å². The first kappa shape index (κ1) is 19.3. The van der Waals surface area contributed by atoms with Gasteiger partial charge in [-0.3, -0.25) is 4.79 Å². The van der Waals surface area contributed by atoms with Crippen molar-refractivity contribution in [3.05, 3.63) is 52.8 Å². The highest BCUT2D eigenvalue weighted by molar-refractivity contribution is 5.91. The summed E-state index contributed by atoms with van der Waals surface area (Å²) in [4.78, 5) is 24.3. The van der Waals surface area contributed by atoms with Gasteiger partial charge in [0.1, 0.15) is 17.1 Å². The van der Waals surface area contributed by atoms with Crippen LogP contribution in [0.2, 0.25) is 0 Å². The van der Waals surface area contributed by atoms with Crippen LogP contribution in [-0.2, 0) is 4.74 Å². The molecule has 0 aliphatic carbocycles. The first-order chi connectivity index (χ1) is 13.3. The highest BCUT2D eigenvalue weighted by Gasteiger charge is 2.27. The normalized spacial score (nSPS) is 11.3. The fourth-order valence-electron chi connectivity index (χ4n) is 2.71. The van der Waals surface area contributed by atoms with E-state index in [-0.39, 0.29) is 5.56 Å². The molecular weight excluding hydrogens is 358 g/mol. The van der Waals surface area contributed by atoms with E-state index in [9.17, 15) is 9.59 Å². The van der Waals surface area contributed by atoms with Gasteiger partial charge in [-0.05, 0) is 33.8 Å². The number of carbonyl (C=O) groups excluding carboxylic acids is 1. The standard InChI is InChI=1S/C20H23N5O3/c1-5-21-18-16(14-11-12-15(26)23-22-14)17(13-9-7-6-8-10-13)24-25(18)19(27)28-20(2,3)4/h6-12,21H,5H2,1-4H3,(H,23,26). The van der Waals surface area contributed by atoms with Crippen LogP contribution >= 0.6 is 0 Å². The minimum Gasteiger partial charge on any atom is -0.442 e. The molecule has 146 valence electrons. The molecule has 8 heteroatoms. The Kier molecular flexibility index (Phi) is 5.30. The van der Waals surface area contributed by atoms with E-state index >= 15 is 0 Å². The van der Waals surface area contributed by atoms with Crippen molar-refractivity contribution in [1.82, 2.24) is 20.0 Å². The molecule has 0 aliphatic heterocycles. The smallest absolute Gasteiger partial charge is 0.437 e. The van der Waals surface area contributed by atoms with Gasteiger partial charge >= 0.3 is 6.09 Å². The molecule has 0 aliphatic rings. The molecule has 0 spiro atoms. The number of ether oxygens (including phenoxy) is 1. The van der Waals surface area contributed by atoms with Crippen molar-refractivity contribution in [2.45, 2.75) is 33.3 Å². The zero-order valence-corrected chi connectivity index (χ0v) is 16.3. The SMILES string of the molecule is CCNc1c(-c2ccc(=O)[nH]n2)c(-c2ccccc2)nn1C(=O)OC(C)(C)C. The molecule has 0 unspecified atom stereocenters. The summed E-state index contributed by atoms with van der Waals surface area (Å²) >= 11 is 0. The summed E-state index contributed by atoms with van der Waals surface area (Å²) in [5, 5.41) is 14.3. The van der Waals surface area contributed by atoms with Gasteiger partial charge < -0.3 is 10.1 Å². The summed E-state index contributed by atoms with van der Waals surface area (Å²) in [5.41, 5.74) is 1.48. The zero-order valence-electron chi connectivity index (χ0n) is 16.3. The Bertz CT molecular complexity index is 1010. The van der Waals surface area contributed by atoms with E-state index in [0.717, 1.165) is 5.56 Å². The molecular formula is C20H23N5O3. The van der Waals surface area contributed by atoms with Crippen LogP contribution in [0.4, 0.5) is 10.6 Å². The molecule has 2 N–H and O–H groups in total. The number of nitrogens with one attached hydrogen (secondary N) is 2. The van der Waals surface area contributed by atoms with Crippen LogP contribution in [-0.4, -0.2) is 38.2 Å². The average molecular weight is 381 g/mol. The van der Waals surface area contributed by atoms with Gasteiger partial charge in [0.05, 0.1) is 11.3 Å². The molecule has 1 aromatic carbocycles. The molecule has 0 saturated heterocycles. The summed E-state index contributed by atoms with van der Waals surface area (Å²) < 4.78 is 6.72. The van der Waals surface area contributed by atoms with Gasteiger partial charge in [-0.15, -0.1) is 4.68 Å². The highest BCUT2D eigenvalue weighted by Crippen LogP contribution is 2.36. The van der Waals surface area contributed by atoms with Crippen LogP contribution in [0.1, 0.15) is 27.7 Å². The molecule has 3 aromatic rings. The molecule has 0 fully saturated rings. The number of nitrogens with zero attached hydrogens (tertiary/aromatic N) is 3. The number of aromatic amines is 1. The van der Waals surface area contributed by atoms with E-state index in [1.54, 1.807) is 26.8 Å². The van der Waals surface area contributed by atoms with Crippen LogP contribution in [0.5, 0.6) is 0 Å². The second-order valence-corrected chi connectivity index (χ2v) is 7.17. The van der Waals surface area contributed by atoms with E-state index in [4.69, 9.17) is 4.74 Å². The fourth-order valence-corrected chi connectivity index (χ4v) is 2.71. The molecule has 0 atom stereocenters. The number of hydrogen-bond acceptors (Lipinski definition) is 6. The van der Waals surface area contributed by atoms with Crippen molar-refractivity contribution in [2.24, 2.45) is 0 Å². The predicted octanol–water partition coefficient (Wildman–Crippen LogP) is 3.52. The van der Waals surface area contributed by atoms with Gasteiger partial charge in [0.2, 0.25) is 0 Å². The third kappa shape index (κ3) is 4.11. The lowest BCUT2D eigenvalue weighted by Gasteiger charge is -2.20. The summed E-state index contributed by atoms with van der Waals surface area (Å²) in [6, 6.07) is 12.5. The Morgan fingerprint density at radius 2 is 1.89 bits per heavy atom. The van der Waals surface area contributed by atoms with E-state index in [0.29, 0.717) is 29.3 Å². The largest absolute Gasteiger partial charge is 0.442 e. The van der Waals surface area contributed by atoms with Crippen molar-refractivity contribution < 1.29 is 9.53 Å². The molecule has 2 aromatic heterocycles.